The van der Waals surface area contributed by atoms with Gasteiger partial charge in [0.1, 0.15) is 5.82 Å². The molecule has 0 heterocycles. The van der Waals surface area contributed by atoms with Crippen LogP contribution in [0.5, 0.6) is 0 Å². The zero-order valence-electron chi connectivity index (χ0n) is 9.88. The molecule has 1 amide bonds. The Balaban J connectivity index is 2.16. The van der Waals surface area contributed by atoms with E-state index in [2.05, 4.69) is 21.2 Å². The van der Waals surface area contributed by atoms with Crippen LogP contribution in [0, 0.1) is 5.82 Å². The number of amides is 1. The quantitative estimate of drug-likeness (QED) is 0.901. The van der Waals surface area contributed by atoms with Crippen LogP contribution in [-0.4, -0.2) is 23.2 Å². The number of aliphatic hydroxyl groups excluding tert-OH is 1. The van der Waals surface area contributed by atoms with Crippen LogP contribution in [0.2, 0.25) is 0 Å². The van der Waals surface area contributed by atoms with Crippen molar-refractivity contribution in [2.75, 3.05) is 6.61 Å². The molecule has 5 heteroatoms. The molecule has 0 radical (unpaired) electrons. The number of halogens is 2. The zero-order valence-corrected chi connectivity index (χ0v) is 11.5. The van der Waals surface area contributed by atoms with E-state index in [4.69, 9.17) is 0 Å². The van der Waals surface area contributed by atoms with E-state index < -0.39 is 11.4 Å². The Labute approximate surface area is 114 Å². The van der Waals surface area contributed by atoms with Crippen LogP contribution in [0.15, 0.2) is 22.7 Å². The molecule has 0 aromatic heterocycles. The summed E-state index contributed by atoms with van der Waals surface area (Å²) in [6.07, 6.45) is 3.53. The topological polar surface area (TPSA) is 49.3 Å². The third-order valence-electron chi connectivity index (χ3n) is 3.37. The van der Waals surface area contributed by atoms with Crippen molar-refractivity contribution < 1.29 is 14.3 Å². The second-order valence-electron chi connectivity index (χ2n) is 4.76. The smallest absolute Gasteiger partial charge is 0.251 e. The maximum atomic E-state index is 13.2. The lowest BCUT2D eigenvalue weighted by molar-refractivity contribution is 0.0838. The van der Waals surface area contributed by atoms with E-state index in [-0.39, 0.29) is 18.1 Å². The van der Waals surface area contributed by atoms with Crippen molar-refractivity contribution in [3.05, 3.63) is 34.1 Å². The Morgan fingerprint density at radius 1 is 1.39 bits per heavy atom. The molecule has 1 aromatic rings. The summed E-state index contributed by atoms with van der Waals surface area (Å²) in [6, 6.07) is 4.06. The predicted octanol–water partition coefficient (Wildman–Crippen LogP) is 2.62. The molecule has 1 aromatic carbocycles. The van der Waals surface area contributed by atoms with Crippen molar-refractivity contribution in [2.24, 2.45) is 0 Å². The molecule has 1 aliphatic carbocycles. The molecule has 98 valence electrons. The number of carbonyl (C=O) groups excluding carboxylic acids is 1. The van der Waals surface area contributed by atoms with E-state index in [1.165, 1.54) is 12.1 Å². The Hall–Kier alpha value is -0.940. The number of hydrogen-bond acceptors (Lipinski definition) is 2. The number of hydrogen-bond donors (Lipinski definition) is 2. The van der Waals surface area contributed by atoms with Crippen molar-refractivity contribution >= 4 is 21.8 Å². The maximum absolute atomic E-state index is 13.2. The van der Waals surface area contributed by atoms with Gasteiger partial charge in [-0.2, -0.15) is 0 Å². The van der Waals surface area contributed by atoms with Gasteiger partial charge in [-0.1, -0.05) is 28.8 Å². The van der Waals surface area contributed by atoms with Gasteiger partial charge in [0.15, 0.2) is 0 Å². The fourth-order valence-corrected chi connectivity index (χ4v) is 2.84. The number of carbonyl (C=O) groups is 1. The summed E-state index contributed by atoms with van der Waals surface area (Å²) in [5.74, 6) is -0.801. The monoisotopic (exact) mass is 315 g/mol. The standard InChI is InChI=1S/C13H15BrFNO2/c14-10-5-9(6-11(15)7-10)12(18)16-13(8-17)3-1-2-4-13/h5-7,17H,1-4,8H2,(H,16,18). The minimum atomic E-state index is -0.532. The lowest BCUT2D eigenvalue weighted by Crippen LogP contribution is -2.49. The van der Waals surface area contributed by atoms with Crippen molar-refractivity contribution in [1.29, 1.82) is 0 Å². The molecule has 3 nitrogen and oxygen atoms in total. The molecule has 0 atom stereocenters. The molecule has 0 unspecified atom stereocenters. The van der Waals surface area contributed by atoms with E-state index in [1.54, 1.807) is 6.07 Å². The van der Waals surface area contributed by atoms with Crippen molar-refractivity contribution in [1.82, 2.24) is 5.32 Å². The molecule has 0 bridgehead atoms. The van der Waals surface area contributed by atoms with Crippen LogP contribution < -0.4 is 5.32 Å². The highest BCUT2D eigenvalue weighted by Crippen LogP contribution is 2.29. The summed E-state index contributed by atoms with van der Waals surface area (Å²) < 4.78 is 13.7. The molecule has 1 saturated carbocycles. The van der Waals surface area contributed by atoms with Gasteiger partial charge in [-0.25, -0.2) is 4.39 Å². The first-order valence-corrected chi connectivity index (χ1v) is 6.73. The molecule has 0 saturated heterocycles. The average Bonchev–Trinajstić information content (AvgIpc) is 2.77. The van der Waals surface area contributed by atoms with Gasteiger partial charge in [0, 0.05) is 10.0 Å². The summed E-state index contributed by atoms with van der Waals surface area (Å²) in [4.78, 5) is 12.1. The van der Waals surface area contributed by atoms with Crippen molar-refractivity contribution in [2.45, 2.75) is 31.2 Å². The van der Waals surface area contributed by atoms with Crippen molar-refractivity contribution in [3.63, 3.8) is 0 Å². The first kappa shape index (κ1) is 13.5. The zero-order chi connectivity index (χ0) is 13.2. The summed E-state index contributed by atoms with van der Waals surface area (Å²) in [5.41, 5.74) is -0.266. The molecular weight excluding hydrogens is 301 g/mol. The van der Waals surface area contributed by atoms with Crippen LogP contribution in [0.1, 0.15) is 36.0 Å². The lowest BCUT2D eigenvalue weighted by atomic mass is 9.98. The van der Waals surface area contributed by atoms with E-state index in [0.29, 0.717) is 4.47 Å². The van der Waals surface area contributed by atoms with E-state index in [0.717, 1.165) is 25.7 Å². The normalized spacial score (nSPS) is 17.7. The van der Waals surface area contributed by atoms with Gasteiger partial charge in [-0.3, -0.25) is 4.79 Å². The van der Waals surface area contributed by atoms with Gasteiger partial charge < -0.3 is 10.4 Å². The largest absolute Gasteiger partial charge is 0.394 e. The summed E-state index contributed by atoms with van der Waals surface area (Å²) in [5, 5.41) is 12.3. The molecular formula is C13H15BrFNO2. The van der Waals surface area contributed by atoms with E-state index >= 15 is 0 Å². The summed E-state index contributed by atoms with van der Waals surface area (Å²) >= 11 is 3.16. The van der Waals surface area contributed by atoms with Gasteiger partial charge in [-0.15, -0.1) is 0 Å². The number of aliphatic hydroxyl groups is 1. The van der Waals surface area contributed by atoms with Gasteiger partial charge in [0.05, 0.1) is 12.1 Å². The van der Waals surface area contributed by atoms with Gasteiger partial charge in [0.2, 0.25) is 0 Å². The van der Waals surface area contributed by atoms with Crippen molar-refractivity contribution in [3.8, 4) is 0 Å². The third kappa shape index (κ3) is 2.90. The lowest BCUT2D eigenvalue weighted by Gasteiger charge is -2.28. The van der Waals surface area contributed by atoms with Gasteiger partial charge in [0.25, 0.3) is 5.91 Å². The Bertz CT molecular complexity index is 438. The van der Waals surface area contributed by atoms with E-state index in [9.17, 15) is 14.3 Å². The molecule has 1 aliphatic rings. The second kappa shape index (κ2) is 5.36. The third-order valence-corrected chi connectivity index (χ3v) is 3.82. The van der Waals surface area contributed by atoms with Crippen LogP contribution in [0.25, 0.3) is 0 Å². The predicted molar refractivity (Wildman–Crippen MR) is 69.9 cm³/mol. The molecule has 18 heavy (non-hydrogen) atoms. The van der Waals surface area contributed by atoms with E-state index in [1.807, 2.05) is 0 Å². The molecule has 2 rings (SSSR count). The number of benzene rings is 1. The number of rotatable bonds is 3. The minimum absolute atomic E-state index is 0.0742. The molecule has 1 fully saturated rings. The fraction of sp³-hybridized carbons (Fsp3) is 0.462. The summed E-state index contributed by atoms with van der Waals surface area (Å²) in [7, 11) is 0. The SMILES string of the molecule is O=C(NC1(CO)CCCC1)c1cc(F)cc(Br)c1. The highest BCUT2D eigenvalue weighted by atomic mass is 79.9. The molecule has 0 aliphatic heterocycles. The molecule has 0 spiro atoms. The van der Waals surface area contributed by atoms with Crippen LogP contribution in [0.4, 0.5) is 4.39 Å². The highest BCUT2D eigenvalue weighted by Gasteiger charge is 2.34. The van der Waals surface area contributed by atoms with Gasteiger partial charge >= 0.3 is 0 Å². The second-order valence-corrected chi connectivity index (χ2v) is 5.67. The average molecular weight is 316 g/mol. The van der Waals surface area contributed by atoms with Gasteiger partial charge in [-0.05, 0) is 31.0 Å². The number of nitrogens with one attached hydrogen (secondary N) is 1. The van der Waals surface area contributed by atoms with Crippen LogP contribution in [0.3, 0.4) is 0 Å². The first-order valence-electron chi connectivity index (χ1n) is 5.94. The molecule has 2 N–H and O–H groups in total. The Morgan fingerprint density at radius 3 is 2.61 bits per heavy atom. The summed E-state index contributed by atoms with van der Waals surface area (Å²) in [6.45, 7) is -0.0742. The highest BCUT2D eigenvalue weighted by molar-refractivity contribution is 9.10. The van der Waals surface area contributed by atoms with Crippen LogP contribution >= 0.6 is 15.9 Å². The maximum Gasteiger partial charge on any atom is 0.251 e. The first-order chi connectivity index (χ1) is 8.54. The minimum Gasteiger partial charge on any atom is -0.394 e. The van der Waals surface area contributed by atoms with Crippen LogP contribution in [-0.2, 0) is 0 Å². The Morgan fingerprint density at radius 2 is 2.06 bits per heavy atom. The Kier molecular flexibility index (Phi) is 4.02. The fourth-order valence-electron chi connectivity index (χ4n) is 2.37.